The van der Waals surface area contributed by atoms with Gasteiger partial charge in [0.15, 0.2) is 6.10 Å². The Labute approximate surface area is 435 Å². The van der Waals surface area contributed by atoms with Crippen LogP contribution >= 0.6 is 0 Å². The van der Waals surface area contributed by atoms with Crippen molar-refractivity contribution in [1.29, 1.82) is 0 Å². The summed E-state index contributed by atoms with van der Waals surface area (Å²) < 4.78 is 16.9. The summed E-state index contributed by atoms with van der Waals surface area (Å²) in [5.41, 5.74) is 0. The first-order chi connectivity index (χ1) is 34.5. The molecule has 70 heavy (non-hydrogen) atoms. The van der Waals surface area contributed by atoms with E-state index in [2.05, 4.69) is 69.4 Å². The Morgan fingerprint density at radius 3 is 0.814 bits per heavy atom. The first-order valence-electron chi connectivity index (χ1n) is 30.6. The Hall–Kier alpha value is -2.63. The van der Waals surface area contributed by atoms with Crippen LogP contribution in [0.25, 0.3) is 0 Å². The van der Waals surface area contributed by atoms with Gasteiger partial charge in [-0.05, 0) is 103 Å². The maximum absolute atomic E-state index is 12.9. The van der Waals surface area contributed by atoms with Gasteiger partial charge in [0.1, 0.15) is 13.2 Å². The molecule has 0 spiro atoms. The molecule has 6 nitrogen and oxygen atoms in total. The molecule has 0 aromatic rings. The number of ether oxygens (including phenoxy) is 3. The van der Waals surface area contributed by atoms with Crippen molar-refractivity contribution in [3.63, 3.8) is 0 Å². The summed E-state index contributed by atoms with van der Waals surface area (Å²) in [6.07, 6.45) is 72.4. The molecular weight excluding hydrogens is 865 g/mol. The summed E-state index contributed by atoms with van der Waals surface area (Å²) >= 11 is 0. The van der Waals surface area contributed by atoms with Crippen LogP contribution in [0, 0.1) is 0 Å². The van der Waals surface area contributed by atoms with Crippen LogP contribution < -0.4 is 0 Å². The molecule has 0 aromatic carbocycles. The number of rotatable bonds is 56. The fourth-order valence-corrected chi connectivity index (χ4v) is 8.88. The molecule has 0 radical (unpaired) electrons. The van der Waals surface area contributed by atoms with Crippen LogP contribution in [0.2, 0.25) is 0 Å². The van der Waals surface area contributed by atoms with Gasteiger partial charge in [-0.1, -0.05) is 249 Å². The van der Waals surface area contributed by atoms with E-state index in [-0.39, 0.29) is 31.1 Å². The summed E-state index contributed by atoms with van der Waals surface area (Å²) in [5, 5.41) is 0. The van der Waals surface area contributed by atoms with E-state index in [9.17, 15) is 14.4 Å². The van der Waals surface area contributed by atoms with E-state index in [0.29, 0.717) is 19.3 Å². The molecular formula is C64H116O6. The van der Waals surface area contributed by atoms with Gasteiger partial charge >= 0.3 is 17.9 Å². The van der Waals surface area contributed by atoms with Crippen molar-refractivity contribution in [3.8, 4) is 0 Å². The van der Waals surface area contributed by atoms with Gasteiger partial charge in [-0.3, -0.25) is 14.4 Å². The average Bonchev–Trinajstić information content (AvgIpc) is 3.36. The fraction of sp³-hybridized carbons (Fsp3) is 0.828. The molecule has 1 unspecified atom stereocenters. The minimum absolute atomic E-state index is 0.0799. The van der Waals surface area contributed by atoms with E-state index in [1.165, 1.54) is 205 Å². The lowest BCUT2D eigenvalue weighted by Gasteiger charge is -2.18. The Morgan fingerprint density at radius 2 is 0.514 bits per heavy atom. The van der Waals surface area contributed by atoms with Crippen molar-refractivity contribution in [1.82, 2.24) is 0 Å². The molecule has 0 heterocycles. The van der Waals surface area contributed by atoms with Crippen molar-refractivity contribution in [2.45, 2.75) is 329 Å². The normalized spacial score (nSPS) is 12.3. The Bertz CT molecular complexity index is 1220. The van der Waals surface area contributed by atoms with Crippen LogP contribution in [-0.2, 0) is 28.6 Å². The number of allylic oxidation sites excluding steroid dienone is 8. The van der Waals surface area contributed by atoms with E-state index in [4.69, 9.17) is 14.2 Å². The molecule has 6 heteroatoms. The van der Waals surface area contributed by atoms with Gasteiger partial charge < -0.3 is 14.2 Å². The third kappa shape index (κ3) is 56.3. The van der Waals surface area contributed by atoms with Gasteiger partial charge in [-0.25, -0.2) is 0 Å². The first-order valence-corrected chi connectivity index (χ1v) is 30.6. The van der Waals surface area contributed by atoms with E-state index in [0.717, 1.165) is 77.0 Å². The van der Waals surface area contributed by atoms with Crippen LogP contribution in [0.1, 0.15) is 323 Å². The molecule has 0 saturated carbocycles. The first kappa shape index (κ1) is 67.4. The molecule has 0 aliphatic carbocycles. The highest BCUT2D eigenvalue weighted by Gasteiger charge is 2.19. The Kier molecular flexibility index (Phi) is 56.7. The minimum Gasteiger partial charge on any atom is -0.462 e. The van der Waals surface area contributed by atoms with Crippen molar-refractivity contribution in [2.75, 3.05) is 13.2 Å². The monoisotopic (exact) mass is 981 g/mol. The van der Waals surface area contributed by atoms with Crippen LogP contribution in [0.4, 0.5) is 0 Å². The number of hydrogen-bond donors (Lipinski definition) is 0. The fourth-order valence-electron chi connectivity index (χ4n) is 8.88. The summed E-state index contributed by atoms with van der Waals surface area (Å²) in [6, 6.07) is 0. The third-order valence-electron chi connectivity index (χ3n) is 13.5. The number of hydrogen-bond acceptors (Lipinski definition) is 6. The standard InChI is InChI=1S/C64H116O6/c1-4-7-10-13-16-19-22-25-28-31-33-36-39-42-45-48-51-54-57-63(66)69-60-61(59-68-62(65)56-53-50-47-44-41-38-35-30-27-24-21-18-15-12-9-6-3)70-64(67)58-55-52-49-46-43-40-37-34-32-29-26-23-20-17-14-11-8-5-2/h19,22,28-32,35,61H,4-18,20-21,23-27,33-34,36-60H2,1-3H3/b22-19-,31-28-,32-29-,35-30-. The summed E-state index contributed by atoms with van der Waals surface area (Å²) in [6.45, 7) is 6.64. The smallest absolute Gasteiger partial charge is 0.306 e. The van der Waals surface area contributed by atoms with Gasteiger partial charge in [-0.15, -0.1) is 0 Å². The van der Waals surface area contributed by atoms with Crippen molar-refractivity contribution in [2.24, 2.45) is 0 Å². The van der Waals surface area contributed by atoms with Gasteiger partial charge in [0.05, 0.1) is 0 Å². The molecule has 1 atom stereocenters. The summed E-state index contributed by atoms with van der Waals surface area (Å²) in [7, 11) is 0. The average molecular weight is 982 g/mol. The molecule has 408 valence electrons. The highest BCUT2D eigenvalue weighted by atomic mass is 16.6. The van der Waals surface area contributed by atoms with Crippen molar-refractivity contribution in [3.05, 3.63) is 48.6 Å². The quantitative estimate of drug-likeness (QED) is 0.0261. The number of carbonyl (C=O) groups excluding carboxylic acids is 3. The van der Waals surface area contributed by atoms with E-state index >= 15 is 0 Å². The molecule has 0 aliphatic heterocycles. The SMILES string of the molecule is CCCCCC/C=C\C/C=C\CCCCCCCCCC(=O)OCC(COC(=O)CCCCCCC/C=C\CCCCCCCCC)OC(=O)CCCCCCCCC/C=C\CCCCCCCCC. The molecule has 0 saturated heterocycles. The topological polar surface area (TPSA) is 78.9 Å². The number of carbonyl (C=O) groups is 3. The largest absolute Gasteiger partial charge is 0.462 e. The lowest BCUT2D eigenvalue weighted by Crippen LogP contribution is -2.30. The number of esters is 3. The molecule has 0 N–H and O–H groups in total. The second-order valence-electron chi connectivity index (χ2n) is 20.6. The van der Waals surface area contributed by atoms with Gasteiger partial charge in [0.25, 0.3) is 0 Å². The van der Waals surface area contributed by atoms with Crippen LogP contribution in [-0.4, -0.2) is 37.2 Å². The molecule has 0 fully saturated rings. The van der Waals surface area contributed by atoms with Gasteiger partial charge in [-0.2, -0.15) is 0 Å². The van der Waals surface area contributed by atoms with E-state index < -0.39 is 6.10 Å². The zero-order chi connectivity index (χ0) is 50.7. The summed E-state index contributed by atoms with van der Waals surface area (Å²) in [5.74, 6) is -0.883. The Balaban J connectivity index is 4.39. The zero-order valence-corrected chi connectivity index (χ0v) is 46.8. The molecule has 0 rings (SSSR count). The predicted molar refractivity (Wildman–Crippen MR) is 302 cm³/mol. The van der Waals surface area contributed by atoms with E-state index in [1.54, 1.807) is 0 Å². The van der Waals surface area contributed by atoms with Gasteiger partial charge in [0, 0.05) is 19.3 Å². The van der Waals surface area contributed by atoms with Crippen LogP contribution in [0.3, 0.4) is 0 Å². The lowest BCUT2D eigenvalue weighted by atomic mass is 10.1. The summed E-state index contributed by atoms with van der Waals surface area (Å²) in [4.78, 5) is 38.2. The lowest BCUT2D eigenvalue weighted by molar-refractivity contribution is -0.167. The molecule has 0 aromatic heterocycles. The van der Waals surface area contributed by atoms with E-state index in [1.807, 2.05) is 0 Å². The van der Waals surface area contributed by atoms with Crippen LogP contribution in [0.15, 0.2) is 48.6 Å². The zero-order valence-electron chi connectivity index (χ0n) is 46.8. The Morgan fingerprint density at radius 1 is 0.286 bits per heavy atom. The predicted octanol–water partition coefficient (Wildman–Crippen LogP) is 20.6. The maximum atomic E-state index is 12.9. The second-order valence-corrected chi connectivity index (χ2v) is 20.6. The van der Waals surface area contributed by atoms with Crippen molar-refractivity contribution < 1.29 is 28.6 Å². The molecule has 0 bridgehead atoms. The molecule has 0 aliphatic rings. The number of unbranched alkanes of at least 4 members (excludes halogenated alkanes) is 37. The van der Waals surface area contributed by atoms with Gasteiger partial charge in [0.2, 0.25) is 0 Å². The highest BCUT2D eigenvalue weighted by Crippen LogP contribution is 2.16. The molecule has 0 amide bonds. The van der Waals surface area contributed by atoms with Crippen LogP contribution in [0.5, 0.6) is 0 Å². The minimum atomic E-state index is -0.782. The second kappa shape index (κ2) is 58.9. The third-order valence-corrected chi connectivity index (χ3v) is 13.5. The maximum Gasteiger partial charge on any atom is 0.306 e. The van der Waals surface area contributed by atoms with Crippen molar-refractivity contribution >= 4 is 17.9 Å². The highest BCUT2D eigenvalue weighted by molar-refractivity contribution is 5.71.